The molecular formula is C17H20FNO4S. The largest absolute Gasteiger partial charge is 0.494 e. The number of nitrogens with one attached hydrogen (secondary N) is 1. The predicted octanol–water partition coefficient (Wildman–Crippen LogP) is 2.81. The Kier molecular flexibility index (Phi) is 5.80. The molecule has 5 nitrogen and oxygen atoms in total. The predicted molar refractivity (Wildman–Crippen MR) is 89.6 cm³/mol. The van der Waals surface area contributed by atoms with Crippen molar-refractivity contribution in [3.05, 3.63) is 53.3 Å². The molecule has 2 aromatic rings. The minimum atomic E-state index is -3.80. The van der Waals surface area contributed by atoms with Crippen molar-refractivity contribution in [1.82, 2.24) is 4.72 Å². The number of hydrogen-bond donors (Lipinski definition) is 1. The molecule has 0 fully saturated rings. The van der Waals surface area contributed by atoms with Gasteiger partial charge in [-0.05, 0) is 55.3 Å². The first-order valence-electron chi connectivity index (χ1n) is 7.36. The van der Waals surface area contributed by atoms with Crippen LogP contribution >= 0.6 is 0 Å². The van der Waals surface area contributed by atoms with E-state index in [0.717, 1.165) is 17.2 Å². The van der Waals surface area contributed by atoms with Crippen LogP contribution in [0.5, 0.6) is 11.5 Å². The molecule has 0 unspecified atom stereocenters. The third kappa shape index (κ3) is 4.69. The van der Waals surface area contributed by atoms with E-state index in [1.807, 2.05) is 32.0 Å². The maximum atomic E-state index is 13.6. The first-order chi connectivity index (χ1) is 11.3. The van der Waals surface area contributed by atoms with Gasteiger partial charge >= 0.3 is 0 Å². The summed E-state index contributed by atoms with van der Waals surface area (Å²) in [5, 5.41) is 0. The lowest BCUT2D eigenvalue weighted by atomic mass is 10.1. The van der Waals surface area contributed by atoms with E-state index >= 15 is 0 Å². The Morgan fingerprint density at radius 1 is 1.08 bits per heavy atom. The summed E-state index contributed by atoms with van der Waals surface area (Å²) in [5.41, 5.74) is 2.14. The van der Waals surface area contributed by atoms with Gasteiger partial charge in [0.05, 0.1) is 12.0 Å². The Hall–Kier alpha value is -2.12. The molecule has 0 aromatic heterocycles. The summed E-state index contributed by atoms with van der Waals surface area (Å²) in [6.07, 6.45) is 0. The first kappa shape index (κ1) is 18.2. The van der Waals surface area contributed by atoms with E-state index in [2.05, 4.69) is 4.72 Å². The molecule has 0 bridgehead atoms. The molecular weight excluding hydrogens is 333 g/mol. The number of methoxy groups -OCH3 is 1. The molecule has 0 radical (unpaired) electrons. The number of hydrogen-bond acceptors (Lipinski definition) is 4. The molecule has 0 aliphatic heterocycles. The number of halogens is 1. The summed E-state index contributed by atoms with van der Waals surface area (Å²) in [5.74, 6) is -0.0545. The van der Waals surface area contributed by atoms with E-state index in [9.17, 15) is 12.8 Å². The maximum Gasteiger partial charge on any atom is 0.240 e. The summed E-state index contributed by atoms with van der Waals surface area (Å²) in [7, 11) is -2.49. The molecule has 0 atom stereocenters. The summed E-state index contributed by atoms with van der Waals surface area (Å²) in [6, 6.07) is 9.26. The highest BCUT2D eigenvalue weighted by Gasteiger charge is 2.16. The lowest BCUT2D eigenvalue weighted by Crippen LogP contribution is -2.28. The van der Waals surface area contributed by atoms with Gasteiger partial charge in [0, 0.05) is 6.54 Å². The second kappa shape index (κ2) is 7.63. The van der Waals surface area contributed by atoms with Crippen molar-refractivity contribution in [1.29, 1.82) is 0 Å². The molecule has 2 rings (SSSR count). The Bertz CT molecular complexity index is 801. The Labute approximate surface area is 141 Å². The number of sulfonamides is 1. The van der Waals surface area contributed by atoms with E-state index in [4.69, 9.17) is 9.47 Å². The van der Waals surface area contributed by atoms with Gasteiger partial charge < -0.3 is 9.47 Å². The Balaban J connectivity index is 1.94. The monoisotopic (exact) mass is 353 g/mol. The van der Waals surface area contributed by atoms with Crippen LogP contribution in [0.4, 0.5) is 4.39 Å². The standard InChI is InChI=1S/C17H20FNO4S/c1-12-8-13(2)10-14(9-12)23-7-6-19-24(20,21)15-4-5-17(22-3)16(18)11-15/h4-5,8-11,19H,6-7H2,1-3H3. The fourth-order valence-corrected chi connectivity index (χ4v) is 3.28. The van der Waals surface area contributed by atoms with Crippen LogP contribution in [0.3, 0.4) is 0 Å². The van der Waals surface area contributed by atoms with E-state index in [0.29, 0.717) is 5.75 Å². The maximum absolute atomic E-state index is 13.6. The van der Waals surface area contributed by atoms with Crippen molar-refractivity contribution in [2.24, 2.45) is 0 Å². The minimum Gasteiger partial charge on any atom is -0.494 e. The molecule has 7 heteroatoms. The second-order valence-corrected chi connectivity index (χ2v) is 7.13. The van der Waals surface area contributed by atoms with Crippen LogP contribution in [0.25, 0.3) is 0 Å². The molecule has 0 saturated carbocycles. The van der Waals surface area contributed by atoms with E-state index in [1.54, 1.807) is 0 Å². The molecule has 0 heterocycles. The molecule has 1 N–H and O–H groups in total. The molecule has 0 aliphatic rings. The number of aryl methyl sites for hydroxylation is 2. The van der Waals surface area contributed by atoms with Gasteiger partial charge in [-0.3, -0.25) is 0 Å². The fraction of sp³-hybridized carbons (Fsp3) is 0.294. The quantitative estimate of drug-likeness (QED) is 0.778. The lowest BCUT2D eigenvalue weighted by Gasteiger charge is -2.10. The average Bonchev–Trinajstić information content (AvgIpc) is 2.50. The molecule has 0 amide bonds. The van der Waals surface area contributed by atoms with Gasteiger partial charge in [-0.2, -0.15) is 0 Å². The van der Waals surface area contributed by atoms with Crippen molar-refractivity contribution in [3.63, 3.8) is 0 Å². The summed E-state index contributed by atoms with van der Waals surface area (Å²) in [4.78, 5) is -0.160. The van der Waals surface area contributed by atoms with Crippen molar-refractivity contribution >= 4 is 10.0 Å². The van der Waals surface area contributed by atoms with Crippen molar-refractivity contribution < 1.29 is 22.3 Å². The zero-order valence-electron chi connectivity index (χ0n) is 13.8. The highest BCUT2D eigenvalue weighted by Crippen LogP contribution is 2.20. The molecule has 24 heavy (non-hydrogen) atoms. The molecule has 0 saturated heterocycles. The van der Waals surface area contributed by atoms with Gasteiger partial charge in [-0.15, -0.1) is 0 Å². The van der Waals surface area contributed by atoms with Crippen LogP contribution in [0.15, 0.2) is 41.3 Å². The van der Waals surface area contributed by atoms with Crippen molar-refractivity contribution in [2.45, 2.75) is 18.7 Å². The summed E-state index contributed by atoms with van der Waals surface area (Å²) in [6.45, 7) is 4.16. The third-order valence-electron chi connectivity index (χ3n) is 3.29. The van der Waals surface area contributed by atoms with Crippen LogP contribution in [-0.2, 0) is 10.0 Å². The smallest absolute Gasteiger partial charge is 0.240 e. The number of ether oxygens (including phenoxy) is 2. The molecule has 0 spiro atoms. The highest BCUT2D eigenvalue weighted by molar-refractivity contribution is 7.89. The first-order valence-corrected chi connectivity index (χ1v) is 8.84. The van der Waals surface area contributed by atoms with Crippen LogP contribution in [0.1, 0.15) is 11.1 Å². The molecule has 2 aromatic carbocycles. The summed E-state index contributed by atoms with van der Waals surface area (Å²) >= 11 is 0. The SMILES string of the molecule is COc1ccc(S(=O)(=O)NCCOc2cc(C)cc(C)c2)cc1F. The highest BCUT2D eigenvalue weighted by atomic mass is 32.2. The fourth-order valence-electron chi connectivity index (χ4n) is 2.26. The number of benzene rings is 2. The van der Waals surface area contributed by atoms with Gasteiger partial charge in [0.2, 0.25) is 10.0 Å². The van der Waals surface area contributed by atoms with Crippen LogP contribution < -0.4 is 14.2 Å². The topological polar surface area (TPSA) is 64.6 Å². The van der Waals surface area contributed by atoms with Crippen LogP contribution in [0.2, 0.25) is 0 Å². The normalized spacial score (nSPS) is 11.3. The second-order valence-electron chi connectivity index (χ2n) is 5.37. The van der Waals surface area contributed by atoms with E-state index in [1.165, 1.54) is 19.2 Å². The van der Waals surface area contributed by atoms with Crippen molar-refractivity contribution in [2.75, 3.05) is 20.3 Å². The van der Waals surface area contributed by atoms with Gasteiger partial charge in [-0.1, -0.05) is 6.07 Å². The van der Waals surface area contributed by atoms with Gasteiger partial charge in [0.15, 0.2) is 11.6 Å². The van der Waals surface area contributed by atoms with Gasteiger partial charge in [-0.25, -0.2) is 17.5 Å². The van der Waals surface area contributed by atoms with Crippen LogP contribution in [-0.4, -0.2) is 28.7 Å². The minimum absolute atomic E-state index is 0.00731. The zero-order valence-corrected chi connectivity index (χ0v) is 14.6. The molecule has 130 valence electrons. The lowest BCUT2D eigenvalue weighted by molar-refractivity contribution is 0.322. The van der Waals surface area contributed by atoms with Gasteiger partial charge in [0.1, 0.15) is 12.4 Å². The van der Waals surface area contributed by atoms with E-state index in [-0.39, 0.29) is 23.8 Å². The Morgan fingerprint density at radius 3 is 2.33 bits per heavy atom. The van der Waals surface area contributed by atoms with Gasteiger partial charge in [0.25, 0.3) is 0 Å². The summed E-state index contributed by atoms with van der Waals surface area (Å²) < 4.78 is 50.6. The third-order valence-corrected chi connectivity index (χ3v) is 4.75. The van der Waals surface area contributed by atoms with Crippen LogP contribution in [0, 0.1) is 19.7 Å². The number of rotatable bonds is 7. The molecule has 0 aliphatic carbocycles. The van der Waals surface area contributed by atoms with Crippen molar-refractivity contribution in [3.8, 4) is 11.5 Å². The van der Waals surface area contributed by atoms with E-state index < -0.39 is 15.8 Å². The average molecular weight is 353 g/mol. The zero-order chi connectivity index (χ0) is 17.7. The Morgan fingerprint density at radius 2 is 1.75 bits per heavy atom.